The SMILES string of the molecule is CCOC(CCOc1cccc(CNC)c1)OCC. The topological polar surface area (TPSA) is 39.7 Å². The molecule has 0 unspecified atom stereocenters. The van der Waals surface area contributed by atoms with Gasteiger partial charge in [0.1, 0.15) is 5.75 Å². The highest BCUT2D eigenvalue weighted by molar-refractivity contribution is 5.28. The minimum absolute atomic E-state index is 0.171. The van der Waals surface area contributed by atoms with Gasteiger partial charge in [-0.05, 0) is 38.6 Å². The summed E-state index contributed by atoms with van der Waals surface area (Å²) in [5.74, 6) is 0.888. The highest BCUT2D eigenvalue weighted by Crippen LogP contribution is 2.14. The summed E-state index contributed by atoms with van der Waals surface area (Å²) in [7, 11) is 1.93. The van der Waals surface area contributed by atoms with E-state index in [4.69, 9.17) is 14.2 Å². The molecule has 4 nitrogen and oxygen atoms in total. The third-order valence-electron chi connectivity index (χ3n) is 2.61. The van der Waals surface area contributed by atoms with Crippen LogP contribution in [-0.2, 0) is 16.0 Å². The summed E-state index contributed by atoms with van der Waals surface area (Å²) in [5.41, 5.74) is 1.21. The van der Waals surface area contributed by atoms with Gasteiger partial charge >= 0.3 is 0 Å². The van der Waals surface area contributed by atoms with Gasteiger partial charge in [0.2, 0.25) is 0 Å². The smallest absolute Gasteiger partial charge is 0.160 e. The number of benzene rings is 1. The molecule has 0 spiro atoms. The summed E-state index contributed by atoms with van der Waals surface area (Å²) in [6, 6.07) is 8.10. The molecule has 4 heteroatoms. The Morgan fingerprint density at radius 3 is 2.53 bits per heavy atom. The molecule has 0 amide bonds. The Labute approximate surface area is 116 Å². The first-order chi connectivity index (χ1) is 9.30. The molecule has 1 aromatic carbocycles. The number of hydrogen-bond donors (Lipinski definition) is 1. The average Bonchev–Trinajstić information content (AvgIpc) is 2.40. The summed E-state index contributed by atoms with van der Waals surface area (Å²) in [6.45, 7) is 6.68. The summed E-state index contributed by atoms with van der Waals surface area (Å²) < 4.78 is 16.7. The molecule has 0 atom stereocenters. The van der Waals surface area contributed by atoms with Crippen LogP contribution in [0.3, 0.4) is 0 Å². The van der Waals surface area contributed by atoms with Gasteiger partial charge in [0, 0.05) is 26.2 Å². The van der Waals surface area contributed by atoms with E-state index in [-0.39, 0.29) is 6.29 Å². The van der Waals surface area contributed by atoms with Crippen molar-refractivity contribution in [1.29, 1.82) is 0 Å². The van der Waals surface area contributed by atoms with Crippen LogP contribution >= 0.6 is 0 Å². The van der Waals surface area contributed by atoms with Crippen LogP contribution in [0.25, 0.3) is 0 Å². The van der Waals surface area contributed by atoms with Crippen molar-refractivity contribution in [1.82, 2.24) is 5.32 Å². The Morgan fingerprint density at radius 2 is 1.89 bits per heavy atom. The molecule has 0 aliphatic heterocycles. The standard InChI is InChI=1S/C15H25NO3/c1-4-17-15(18-5-2)9-10-19-14-8-6-7-13(11-14)12-16-3/h6-8,11,15-16H,4-5,9-10,12H2,1-3H3. The van der Waals surface area contributed by atoms with E-state index in [0.717, 1.165) is 18.7 Å². The molecular weight excluding hydrogens is 242 g/mol. The van der Waals surface area contributed by atoms with Gasteiger partial charge in [-0.15, -0.1) is 0 Å². The maximum Gasteiger partial charge on any atom is 0.160 e. The predicted octanol–water partition coefficient (Wildman–Crippen LogP) is 2.57. The molecule has 0 saturated heterocycles. The molecule has 0 bridgehead atoms. The zero-order valence-electron chi connectivity index (χ0n) is 12.1. The lowest BCUT2D eigenvalue weighted by Gasteiger charge is -2.17. The van der Waals surface area contributed by atoms with Crippen LogP contribution in [0.5, 0.6) is 5.75 Å². The molecule has 0 radical (unpaired) electrons. The summed E-state index contributed by atoms with van der Waals surface area (Å²) >= 11 is 0. The van der Waals surface area contributed by atoms with E-state index in [1.807, 2.05) is 39.1 Å². The molecule has 0 aliphatic rings. The maximum absolute atomic E-state index is 5.73. The van der Waals surface area contributed by atoms with Crippen LogP contribution in [0.15, 0.2) is 24.3 Å². The zero-order valence-corrected chi connectivity index (χ0v) is 12.1. The van der Waals surface area contributed by atoms with Crippen molar-refractivity contribution in [2.75, 3.05) is 26.9 Å². The summed E-state index contributed by atoms with van der Waals surface area (Å²) in [6.07, 6.45) is 0.563. The third kappa shape index (κ3) is 6.57. The van der Waals surface area contributed by atoms with E-state index in [2.05, 4.69) is 11.4 Å². The lowest BCUT2D eigenvalue weighted by Crippen LogP contribution is -2.20. The first-order valence-corrected chi connectivity index (χ1v) is 6.89. The van der Waals surface area contributed by atoms with Gasteiger partial charge in [-0.1, -0.05) is 12.1 Å². The molecule has 1 aromatic rings. The van der Waals surface area contributed by atoms with Crippen molar-refractivity contribution >= 4 is 0 Å². The minimum atomic E-state index is -0.171. The molecule has 0 heterocycles. The molecule has 1 rings (SSSR count). The lowest BCUT2D eigenvalue weighted by atomic mass is 10.2. The number of rotatable bonds is 10. The van der Waals surface area contributed by atoms with Crippen LogP contribution in [0.1, 0.15) is 25.8 Å². The maximum atomic E-state index is 5.73. The van der Waals surface area contributed by atoms with E-state index in [1.165, 1.54) is 5.56 Å². The second-order valence-electron chi connectivity index (χ2n) is 4.16. The van der Waals surface area contributed by atoms with Crippen LogP contribution in [0, 0.1) is 0 Å². The highest BCUT2D eigenvalue weighted by atomic mass is 16.7. The average molecular weight is 267 g/mol. The van der Waals surface area contributed by atoms with Gasteiger partial charge in [0.05, 0.1) is 6.61 Å². The van der Waals surface area contributed by atoms with E-state index >= 15 is 0 Å². The van der Waals surface area contributed by atoms with Gasteiger partial charge in [-0.3, -0.25) is 0 Å². The van der Waals surface area contributed by atoms with E-state index in [0.29, 0.717) is 19.8 Å². The molecule has 0 aromatic heterocycles. The highest BCUT2D eigenvalue weighted by Gasteiger charge is 2.07. The number of ether oxygens (including phenoxy) is 3. The van der Waals surface area contributed by atoms with Crippen LogP contribution in [-0.4, -0.2) is 33.2 Å². The fraction of sp³-hybridized carbons (Fsp3) is 0.600. The largest absolute Gasteiger partial charge is 0.493 e. The quantitative estimate of drug-likeness (QED) is 0.661. The normalized spacial score (nSPS) is 10.9. The fourth-order valence-electron chi connectivity index (χ4n) is 1.81. The Balaban J connectivity index is 2.36. The Kier molecular flexibility index (Phi) is 8.21. The molecule has 0 saturated carbocycles. The van der Waals surface area contributed by atoms with Crippen molar-refractivity contribution in [3.05, 3.63) is 29.8 Å². The van der Waals surface area contributed by atoms with Gasteiger partial charge in [-0.2, -0.15) is 0 Å². The lowest BCUT2D eigenvalue weighted by molar-refractivity contribution is -0.142. The first kappa shape index (κ1) is 16.0. The van der Waals surface area contributed by atoms with Crippen LogP contribution in [0.4, 0.5) is 0 Å². The van der Waals surface area contributed by atoms with Gasteiger partial charge < -0.3 is 19.5 Å². The second kappa shape index (κ2) is 9.78. The second-order valence-corrected chi connectivity index (χ2v) is 4.16. The van der Waals surface area contributed by atoms with Gasteiger partial charge in [0.25, 0.3) is 0 Å². The predicted molar refractivity (Wildman–Crippen MR) is 76.4 cm³/mol. The molecular formula is C15H25NO3. The van der Waals surface area contributed by atoms with Crippen molar-refractivity contribution < 1.29 is 14.2 Å². The Bertz CT molecular complexity index is 338. The summed E-state index contributed by atoms with van der Waals surface area (Å²) in [4.78, 5) is 0. The van der Waals surface area contributed by atoms with E-state index in [9.17, 15) is 0 Å². The first-order valence-electron chi connectivity index (χ1n) is 6.89. The van der Waals surface area contributed by atoms with Crippen molar-refractivity contribution in [3.8, 4) is 5.75 Å². The molecule has 0 fully saturated rings. The van der Waals surface area contributed by atoms with E-state index < -0.39 is 0 Å². The number of hydrogen-bond acceptors (Lipinski definition) is 4. The van der Waals surface area contributed by atoms with Crippen LogP contribution in [0.2, 0.25) is 0 Å². The minimum Gasteiger partial charge on any atom is -0.493 e. The molecule has 108 valence electrons. The van der Waals surface area contributed by atoms with Gasteiger partial charge in [-0.25, -0.2) is 0 Å². The van der Waals surface area contributed by atoms with Gasteiger partial charge in [0.15, 0.2) is 6.29 Å². The summed E-state index contributed by atoms with van der Waals surface area (Å²) in [5, 5.41) is 3.12. The Morgan fingerprint density at radius 1 is 1.16 bits per heavy atom. The zero-order chi connectivity index (χ0) is 13.9. The Hall–Kier alpha value is -1.10. The van der Waals surface area contributed by atoms with Crippen molar-refractivity contribution in [2.45, 2.75) is 33.1 Å². The van der Waals surface area contributed by atoms with Crippen LogP contribution < -0.4 is 10.1 Å². The van der Waals surface area contributed by atoms with Crippen molar-refractivity contribution in [3.63, 3.8) is 0 Å². The van der Waals surface area contributed by atoms with E-state index in [1.54, 1.807) is 0 Å². The fourth-order valence-corrected chi connectivity index (χ4v) is 1.81. The number of nitrogens with one attached hydrogen (secondary N) is 1. The molecule has 19 heavy (non-hydrogen) atoms. The molecule has 0 aliphatic carbocycles. The monoisotopic (exact) mass is 267 g/mol. The molecule has 1 N–H and O–H groups in total. The third-order valence-corrected chi connectivity index (χ3v) is 2.61. The van der Waals surface area contributed by atoms with Crippen molar-refractivity contribution in [2.24, 2.45) is 0 Å².